The Bertz CT molecular complexity index is 919. The van der Waals surface area contributed by atoms with Crippen molar-refractivity contribution >= 4 is 21.6 Å². The van der Waals surface area contributed by atoms with Gasteiger partial charge in [-0.2, -0.15) is 4.31 Å². The molecule has 2 aliphatic heterocycles. The average molecular weight is 370 g/mol. The largest absolute Gasteiger partial charge is 0.308 e. The van der Waals surface area contributed by atoms with Gasteiger partial charge in [0.15, 0.2) is 0 Å². The third-order valence-electron chi connectivity index (χ3n) is 5.14. The van der Waals surface area contributed by atoms with Crippen LogP contribution in [0.5, 0.6) is 0 Å². The minimum Gasteiger partial charge on any atom is -0.308 e. The molecule has 2 aliphatic rings. The minimum absolute atomic E-state index is 0.0401. The van der Waals surface area contributed by atoms with Gasteiger partial charge < -0.3 is 4.90 Å². The normalized spacial score (nSPS) is 17.9. The molecule has 2 heterocycles. The summed E-state index contributed by atoms with van der Waals surface area (Å²) < 4.78 is 27.2. The maximum atomic E-state index is 12.9. The van der Waals surface area contributed by atoms with Gasteiger partial charge >= 0.3 is 0 Å². The molecule has 0 unspecified atom stereocenters. The van der Waals surface area contributed by atoms with Crippen molar-refractivity contribution < 1.29 is 13.2 Å². The number of anilines is 1. The Balaban J connectivity index is 1.67. The molecule has 6 heteroatoms. The van der Waals surface area contributed by atoms with Crippen LogP contribution in [0.4, 0.5) is 5.69 Å². The van der Waals surface area contributed by atoms with Crippen molar-refractivity contribution in [2.75, 3.05) is 24.5 Å². The van der Waals surface area contributed by atoms with E-state index in [2.05, 4.69) is 0 Å². The van der Waals surface area contributed by atoms with Gasteiger partial charge in [-0.3, -0.25) is 4.79 Å². The van der Waals surface area contributed by atoms with E-state index in [0.717, 1.165) is 36.9 Å². The molecule has 0 atom stereocenters. The van der Waals surface area contributed by atoms with Gasteiger partial charge in [-0.25, -0.2) is 8.42 Å². The fraction of sp³-hybridized carbons (Fsp3) is 0.350. The quantitative estimate of drug-likeness (QED) is 0.834. The molecule has 2 aromatic carbocycles. The lowest BCUT2D eigenvalue weighted by Gasteiger charge is -2.30. The van der Waals surface area contributed by atoms with Crippen LogP contribution in [0.3, 0.4) is 0 Å². The van der Waals surface area contributed by atoms with Crippen LogP contribution in [-0.4, -0.2) is 38.3 Å². The zero-order valence-electron chi connectivity index (χ0n) is 14.6. The van der Waals surface area contributed by atoms with Crippen LogP contribution in [0, 0.1) is 0 Å². The number of benzene rings is 2. The van der Waals surface area contributed by atoms with Crippen LogP contribution < -0.4 is 4.90 Å². The Morgan fingerprint density at radius 1 is 0.885 bits per heavy atom. The predicted octanol–water partition coefficient (Wildman–Crippen LogP) is 3.06. The number of rotatable bonds is 3. The summed E-state index contributed by atoms with van der Waals surface area (Å²) in [5.74, 6) is -0.0401. The third-order valence-corrected chi connectivity index (χ3v) is 7.03. The summed E-state index contributed by atoms with van der Waals surface area (Å²) in [7, 11) is -3.43. The van der Waals surface area contributed by atoms with E-state index in [9.17, 15) is 13.2 Å². The fourth-order valence-electron chi connectivity index (χ4n) is 3.76. The van der Waals surface area contributed by atoms with Crippen molar-refractivity contribution in [2.24, 2.45) is 0 Å². The third kappa shape index (κ3) is 3.04. The Morgan fingerprint density at radius 2 is 1.62 bits per heavy atom. The molecule has 0 aromatic heterocycles. The van der Waals surface area contributed by atoms with Gasteiger partial charge in [0.05, 0.1) is 4.90 Å². The molecular formula is C20H22N2O3S. The monoisotopic (exact) mass is 370 g/mol. The fourth-order valence-corrected chi connectivity index (χ4v) is 5.33. The summed E-state index contributed by atoms with van der Waals surface area (Å²) in [5.41, 5.74) is 2.40. The molecule has 0 saturated carbocycles. The van der Waals surface area contributed by atoms with Crippen LogP contribution in [0.25, 0.3) is 0 Å². The first-order chi connectivity index (χ1) is 12.6. The van der Waals surface area contributed by atoms with E-state index < -0.39 is 10.0 Å². The Labute approximate surface area is 154 Å². The number of hydrogen-bond donors (Lipinski definition) is 0. The Morgan fingerprint density at radius 3 is 2.35 bits per heavy atom. The molecule has 1 fully saturated rings. The van der Waals surface area contributed by atoms with Crippen LogP contribution in [0.2, 0.25) is 0 Å². The highest BCUT2D eigenvalue weighted by Gasteiger charge is 2.29. The highest BCUT2D eigenvalue weighted by atomic mass is 32.2. The lowest BCUT2D eigenvalue weighted by atomic mass is 10.0. The maximum Gasteiger partial charge on any atom is 0.258 e. The smallest absolute Gasteiger partial charge is 0.258 e. The van der Waals surface area contributed by atoms with Crippen LogP contribution in [0.15, 0.2) is 53.4 Å². The molecule has 0 radical (unpaired) electrons. The molecule has 5 nitrogen and oxygen atoms in total. The summed E-state index contributed by atoms with van der Waals surface area (Å²) in [6, 6.07) is 14.4. The van der Waals surface area contributed by atoms with Gasteiger partial charge in [0.2, 0.25) is 10.0 Å². The second-order valence-electron chi connectivity index (χ2n) is 6.83. The molecule has 136 valence electrons. The van der Waals surface area contributed by atoms with Crippen LogP contribution in [0.1, 0.15) is 35.2 Å². The van der Waals surface area contributed by atoms with Crippen molar-refractivity contribution in [3.8, 4) is 0 Å². The number of carbonyl (C=O) groups excluding carboxylic acids is 1. The van der Waals surface area contributed by atoms with Gasteiger partial charge in [0, 0.05) is 30.9 Å². The lowest BCUT2D eigenvalue weighted by Crippen LogP contribution is -2.35. The van der Waals surface area contributed by atoms with Crippen molar-refractivity contribution in [2.45, 2.75) is 30.6 Å². The van der Waals surface area contributed by atoms with E-state index in [0.29, 0.717) is 30.1 Å². The Kier molecular flexibility index (Phi) is 4.54. The van der Waals surface area contributed by atoms with Crippen molar-refractivity contribution in [3.63, 3.8) is 0 Å². The molecule has 2 aromatic rings. The first kappa shape index (κ1) is 17.2. The summed E-state index contributed by atoms with van der Waals surface area (Å²) in [4.78, 5) is 15.0. The van der Waals surface area contributed by atoms with Crippen molar-refractivity contribution in [1.29, 1.82) is 0 Å². The van der Waals surface area contributed by atoms with Gasteiger partial charge in [-0.05, 0) is 61.6 Å². The lowest BCUT2D eigenvalue weighted by molar-refractivity contribution is 0.0985. The van der Waals surface area contributed by atoms with Gasteiger partial charge in [-0.1, -0.05) is 18.2 Å². The number of fused-ring (bicyclic) bond motifs is 1. The first-order valence-electron chi connectivity index (χ1n) is 9.07. The minimum atomic E-state index is -3.43. The predicted molar refractivity (Wildman–Crippen MR) is 101 cm³/mol. The molecule has 0 N–H and O–H groups in total. The molecule has 0 aliphatic carbocycles. The van der Waals surface area contributed by atoms with Crippen LogP contribution in [-0.2, 0) is 16.4 Å². The maximum absolute atomic E-state index is 12.9. The number of amides is 1. The molecule has 0 bridgehead atoms. The van der Waals surface area contributed by atoms with E-state index in [4.69, 9.17) is 0 Å². The van der Waals surface area contributed by atoms with E-state index in [1.54, 1.807) is 27.4 Å². The molecule has 26 heavy (non-hydrogen) atoms. The highest BCUT2D eigenvalue weighted by Crippen LogP contribution is 2.32. The SMILES string of the molecule is O=C(c1ccccc1)N1CCCc2cc(S(=O)(=O)N3CCCC3)ccc21. The topological polar surface area (TPSA) is 57.7 Å². The Hall–Kier alpha value is -2.18. The zero-order valence-corrected chi connectivity index (χ0v) is 15.4. The van der Waals surface area contributed by atoms with E-state index in [1.165, 1.54) is 0 Å². The number of aryl methyl sites for hydroxylation is 1. The molecular weight excluding hydrogens is 348 g/mol. The molecule has 4 rings (SSSR count). The van der Waals surface area contributed by atoms with Gasteiger partial charge in [0.25, 0.3) is 5.91 Å². The van der Waals surface area contributed by atoms with Gasteiger partial charge in [-0.15, -0.1) is 0 Å². The summed E-state index contributed by atoms with van der Waals surface area (Å²) in [5, 5.41) is 0. The highest BCUT2D eigenvalue weighted by molar-refractivity contribution is 7.89. The molecule has 1 amide bonds. The second-order valence-corrected chi connectivity index (χ2v) is 8.77. The molecule has 0 spiro atoms. The van der Waals surface area contributed by atoms with E-state index in [-0.39, 0.29) is 5.91 Å². The van der Waals surface area contributed by atoms with Crippen molar-refractivity contribution in [3.05, 3.63) is 59.7 Å². The first-order valence-corrected chi connectivity index (χ1v) is 10.5. The van der Waals surface area contributed by atoms with Crippen LogP contribution >= 0.6 is 0 Å². The van der Waals surface area contributed by atoms with Gasteiger partial charge in [0.1, 0.15) is 0 Å². The summed E-state index contributed by atoms with van der Waals surface area (Å²) >= 11 is 0. The number of hydrogen-bond acceptors (Lipinski definition) is 3. The number of nitrogens with zero attached hydrogens (tertiary/aromatic N) is 2. The average Bonchev–Trinajstić information content (AvgIpc) is 3.23. The number of carbonyl (C=O) groups is 1. The van der Waals surface area contributed by atoms with E-state index >= 15 is 0 Å². The molecule has 1 saturated heterocycles. The second kappa shape index (κ2) is 6.85. The zero-order chi connectivity index (χ0) is 18.1. The number of sulfonamides is 1. The summed E-state index contributed by atoms with van der Waals surface area (Å²) in [6.45, 7) is 1.84. The standard InChI is InChI=1S/C20H22N2O3S/c23-20(16-7-2-1-3-8-16)22-14-6-9-17-15-18(10-11-19(17)22)26(24,25)21-12-4-5-13-21/h1-3,7-8,10-11,15H,4-6,9,12-14H2. The summed E-state index contributed by atoms with van der Waals surface area (Å²) in [6.07, 6.45) is 3.46. The van der Waals surface area contributed by atoms with E-state index in [1.807, 2.05) is 30.3 Å². The van der Waals surface area contributed by atoms with Crippen molar-refractivity contribution in [1.82, 2.24) is 4.31 Å².